The van der Waals surface area contributed by atoms with Crippen molar-refractivity contribution >= 4 is 28.6 Å². The van der Waals surface area contributed by atoms with Crippen molar-refractivity contribution < 1.29 is 8.76 Å². The molecule has 0 aliphatic carbocycles. The first-order valence-corrected chi connectivity index (χ1v) is 5.54. The number of hydrazine groups is 1. The number of hydrogen-bond donors (Lipinski definition) is 2. The summed E-state index contributed by atoms with van der Waals surface area (Å²) in [6, 6.07) is 9.26. The highest BCUT2D eigenvalue weighted by Crippen LogP contribution is 2.02. The van der Waals surface area contributed by atoms with Gasteiger partial charge in [-0.25, -0.2) is 0 Å². The molecule has 5 nitrogen and oxygen atoms in total. The van der Waals surface area contributed by atoms with Crippen LogP contribution in [0.4, 0.5) is 0 Å². The van der Waals surface area contributed by atoms with Gasteiger partial charge in [0, 0.05) is 11.3 Å². The average molecular weight is 244 g/mol. The van der Waals surface area contributed by atoms with Crippen LogP contribution in [0.1, 0.15) is 5.56 Å². The Morgan fingerprint density at radius 3 is 2.60 bits per heavy atom. The number of rotatable bonds is 4. The summed E-state index contributed by atoms with van der Waals surface area (Å²) in [7, 11) is 0. The van der Waals surface area contributed by atoms with E-state index < -0.39 is 11.3 Å². The number of benzene rings is 1. The van der Waals surface area contributed by atoms with Crippen molar-refractivity contribution in [1.82, 2.24) is 9.84 Å². The van der Waals surface area contributed by atoms with Crippen LogP contribution in [0.5, 0.6) is 0 Å². The minimum Gasteiger partial charge on any atom is -0.759 e. The summed E-state index contributed by atoms with van der Waals surface area (Å²) < 4.78 is 20.9. The van der Waals surface area contributed by atoms with Crippen LogP contribution < -0.4 is 10.6 Å². The largest absolute Gasteiger partial charge is 0.759 e. The van der Waals surface area contributed by atoms with Crippen molar-refractivity contribution in [3.63, 3.8) is 0 Å². The summed E-state index contributed by atoms with van der Waals surface area (Å²) in [6.07, 6.45) is 0. The maximum Gasteiger partial charge on any atom is 0.181 e. The van der Waals surface area contributed by atoms with E-state index in [1.807, 2.05) is 30.3 Å². The summed E-state index contributed by atoms with van der Waals surface area (Å²) in [5, 5.41) is 1.15. The Balaban J connectivity index is 2.67. The van der Waals surface area contributed by atoms with Gasteiger partial charge in [-0.15, -0.1) is 0 Å². The number of nitrogens with two attached hydrogens (primary N) is 1. The van der Waals surface area contributed by atoms with Gasteiger partial charge in [-0.2, -0.15) is 4.83 Å². The molecule has 15 heavy (non-hydrogen) atoms. The molecular formula is C8H10N3O2S2-. The number of nitrogens with one attached hydrogen (secondary N) is 1. The zero-order valence-electron chi connectivity index (χ0n) is 7.75. The smallest absolute Gasteiger partial charge is 0.181 e. The molecule has 0 radical (unpaired) electrons. The molecular weight excluding hydrogens is 234 g/mol. The first-order valence-electron chi connectivity index (χ1n) is 4.06. The van der Waals surface area contributed by atoms with Gasteiger partial charge in [-0.05, 0) is 17.8 Å². The summed E-state index contributed by atoms with van der Waals surface area (Å²) in [6.45, 7) is 0.296. The minimum atomic E-state index is -2.43. The second-order valence-corrected chi connectivity index (χ2v) is 3.81. The second kappa shape index (κ2) is 5.76. The molecule has 0 saturated heterocycles. The van der Waals surface area contributed by atoms with Crippen LogP contribution in [0.15, 0.2) is 30.3 Å². The van der Waals surface area contributed by atoms with E-state index in [2.05, 4.69) is 4.83 Å². The van der Waals surface area contributed by atoms with Crippen molar-refractivity contribution in [3.05, 3.63) is 35.9 Å². The Hall–Kier alpha value is -1.02. The maximum atomic E-state index is 10.4. The van der Waals surface area contributed by atoms with Gasteiger partial charge in [0.25, 0.3) is 0 Å². The predicted molar refractivity (Wildman–Crippen MR) is 60.8 cm³/mol. The van der Waals surface area contributed by atoms with Gasteiger partial charge in [0.15, 0.2) is 5.11 Å². The van der Waals surface area contributed by atoms with Crippen LogP contribution in [0, 0.1) is 0 Å². The number of hydrogen-bond acceptors (Lipinski definition) is 3. The Morgan fingerprint density at radius 1 is 1.53 bits per heavy atom. The fourth-order valence-corrected chi connectivity index (χ4v) is 1.52. The van der Waals surface area contributed by atoms with E-state index in [0.717, 1.165) is 5.56 Å². The molecule has 1 aromatic rings. The Labute approximate surface area is 95.7 Å². The third-order valence-electron chi connectivity index (χ3n) is 1.63. The van der Waals surface area contributed by atoms with E-state index >= 15 is 0 Å². The zero-order valence-corrected chi connectivity index (χ0v) is 9.38. The van der Waals surface area contributed by atoms with Gasteiger partial charge in [0.2, 0.25) is 0 Å². The average Bonchev–Trinajstić information content (AvgIpc) is 2.17. The minimum absolute atomic E-state index is 0.0250. The summed E-state index contributed by atoms with van der Waals surface area (Å²) in [5.74, 6) is 0. The summed E-state index contributed by atoms with van der Waals surface area (Å²) in [4.78, 5) is 2.11. The first-order chi connectivity index (χ1) is 7.09. The van der Waals surface area contributed by atoms with Crippen LogP contribution in [-0.2, 0) is 17.8 Å². The van der Waals surface area contributed by atoms with Crippen LogP contribution in [0.25, 0.3) is 0 Å². The lowest BCUT2D eigenvalue weighted by Gasteiger charge is -2.24. The highest BCUT2D eigenvalue weighted by Gasteiger charge is 2.06. The van der Waals surface area contributed by atoms with Crippen molar-refractivity contribution in [2.24, 2.45) is 5.73 Å². The monoisotopic (exact) mass is 244 g/mol. The Morgan fingerprint density at radius 2 is 2.13 bits per heavy atom. The Bertz CT molecular complexity index is 358. The summed E-state index contributed by atoms with van der Waals surface area (Å²) in [5.41, 5.74) is 6.26. The lowest BCUT2D eigenvalue weighted by Crippen LogP contribution is -2.45. The van der Waals surface area contributed by atoms with Crippen molar-refractivity contribution in [1.29, 1.82) is 0 Å². The third-order valence-corrected chi connectivity index (χ3v) is 2.22. The normalized spacial score (nSPS) is 12.1. The van der Waals surface area contributed by atoms with Gasteiger partial charge in [0.05, 0.1) is 6.54 Å². The molecule has 0 saturated carbocycles. The van der Waals surface area contributed by atoms with E-state index in [4.69, 9.17) is 18.0 Å². The molecule has 0 aliphatic heterocycles. The molecule has 0 amide bonds. The molecule has 3 N–H and O–H groups in total. The molecule has 0 fully saturated rings. The van der Waals surface area contributed by atoms with E-state index in [1.165, 1.54) is 5.01 Å². The topological polar surface area (TPSA) is 81.4 Å². The molecule has 0 bridgehead atoms. The molecule has 1 rings (SSSR count). The van der Waals surface area contributed by atoms with Crippen molar-refractivity contribution in [2.45, 2.75) is 6.54 Å². The zero-order chi connectivity index (χ0) is 11.3. The molecule has 7 heteroatoms. The summed E-state index contributed by atoms with van der Waals surface area (Å²) >= 11 is 2.27. The molecule has 0 aliphatic rings. The van der Waals surface area contributed by atoms with Gasteiger partial charge in [-0.1, -0.05) is 30.3 Å². The lowest BCUT2D eigenvalue weighted by molar-refractivity contribution is 0.363. The molecule has 1 aromatic carbocycles. The van der Waals surface area contributed by atoms with E-state index in [9.17, 15) is 8.76 Å². The Kier molecular flexibility index (Phi) is 4.63. The lowest BCUT2D eigenvalue weighted by atomic mass is 10.2. The number of nitrogens with zero attached hydrogens (tertiary/aromatic N) is 1. The quantitative estimate of drug-likeness (QED) is 0.444. The standard InChI is InChI=1S/C8H11N3O2S2/c9-8(14)11(10-15(12)13)6-7-4-2-1-3-5-7/h1-5,10H,6H2,(H2,9,14)(H,12,13)/p-1. The van der Waals surface area contributed by atoms with Gasteiger partial charge < -0.3 is 10.3 Å². The first kappa shape index (κ1) is 12.1. The van der Waals surface area contributed by atoms with Gasteiger partial charge in [0.1, 0.15) is 0 Å². The van der Waals surface area contributed by atoms with E-state index in [-0.39, 0.29) is 5.11 Å². The van der Waals surface area contributed by atoms with E-state index in [1.54, 1.807) is 0 Å². The molecule has 1 atom stereocenters. The maximum absolute atomic E-state index is 10.4. The molecule has 0 heterocycles. The van der Waals surface area contributed by atoms with Crippen LogP contribution in [0.2, 0.25) is 0 Å². The van der Waals surface area contributed by atoms with Crippen molar-refractivity contribution in [2.75, 3.05) is 0 Å². The predicted octanol–water partition coefficient (Wildman–Crippen LogP) is 0.0309. The highest BCUT2D eigenvalue weighted by molar-refractivity contribution is 7.80. The van der Waals surface area contributed by atoms with Crippen molar-refractivity contribution in [3.8, 4) is 0 Å². The van der Waals surface area contributed by atoms with E-state index in [0.29, 0.717) is 6.54 Å². The fourth-order valence-electron chi connectivity index (χ4n) is 1.01. The highest BCUT2D eigenvalue weighted by atomic mass is 32.2. The number of thiocarbonyl (C=S) groups is 1. The fraction of sp³-hybridized carbons (Fsp3) is 0.125. The third kappa shape index (κ3) is 4.34. The van der Waals surface area contributed by atoms with Gasteiger partial charge >= 0.3 is 0 Å². The molecule has 0 spiro atoms. The molecule has 0 aromatic heterocycles. The molecule has 1 unspecified atom stereocenters. The second-order valence-electron chi connectivity index (χ2n) is 2.74. The van der Waals surface area contributed by atoms with Crippen LogP contribution in [-0.4, -0.2) is 18.9 Å². The molecule has 82 valence electrons. The van der Waals surface area contributed by atoms with Crippen LogP contribution in [0.3, 0.4) is 0 Å². The SMILES string of the molecule is NC(=S)N(Cc1ccccc1)NS(=O)[O-]. The van der Waals surface area contributed by atoms with Crippen LogP contribution >= 0.6 is 12.2 Å². The van der Waals surface area contributed by atoms with Gasteiger partial charge in [-0.3, -0.25) is 9.22 Å².